The molecule has 0 spiro atoms. The molecule has 3 rings (SSSR count). The number of furan rings is 1. The second-order valence-electron chi connectivity index (χ2n) is 5.02. The summed E-state index contributed by atoms with van der Waals surface area (Å²) in [7, 11) is 0. The molecule has 7 heteroatoms. The Kier molecular flexibility index (Phi) is 4.82. The first kappa shape index (κ1) is 16.5. The monoisotopic (exact) mass is 404 g/mol. The van der Waals surface area contributed by atoms with Crippen LogP contribution < -0.4 is 10.6 Å². The summed E-state index contributed by atoms with van der Waals surface area (Å²) in [6, 6.07) is 12.3. The molecule has 2 N–H and O–H groups in total. The van der Waals surface area contributed by atoms with Gasteiger partial charge in [-0.2, -0.15) is 0 Å². The molecule has 2 aromatic heterocycles. The number of rotatable bonds is 4. The van der Waals surface area contributed by atoms with Crippen LogP contribution in [0.2, 0.25) is 0 Å². The van der Waals surface area contributed by atoms with Gasteiger partial charge in [0.05, 0.1) is 16.1 Å². The average Bonchev–Trinajstić information content (AvgIpc) is 3.19. The van der Waals surface area contributed by atoms with Crippen molar-refractivity contribution < 1.29 is 14.0 Å². The van der Waals surface area contributed by atoms with Crippen LogP contribution in [0.15, 0.2) is 57.6 Å². The third kappa shape index (κ3) is 3.74. The van der Waals surface area contributed by atoms with E-state index in [9.17, 15) is 9.59 Å². The van der Waals surface area contributed by atoms with Crippen molar-refractivity contribution in [3.63, 3.8) is 0 Å². The van der Waals surface area contributed by atoms with Gasteiger partial charge in [-0.3, -0.25) is 9.59 Å². The Balaban J connectivity index is 1.72. The summed E-state index contributed by atoms with van der Waals surface area (Å²) in [5, 5.41) is 6.16. The molecule has 0 aliphatic rings. The number of aryl methyl sites for hydroxylation is 1. The molecule has 0 bridgehead atoms. The second-order valence-corrected chi connectivity index (χ2v) is 6.98. The van der Waals surface area contributed by atoms with Crippen LogP contribution >= 0.6 is 27.3 Å². The molecule has 24 heavy (non-hydrogen) atoms. The lowest BCUT2D eigenvalue weighted by Gasteiger charge is -2.04. The minimum Gasteiger partial charge on any atom is -0.459 e. The van der Waals surface area contributed by atoms with Gasteiger partial charge in [0, 0.05) is 10.2 Å². The Labute approximate surface area is 150 Å². The van der Waals surface area contributed by atoms with E-state index in [1.807, 2.05) is 31.2 Å². The van der Waals surface area contributed by atoms with E-state index < -0.39 is 0 Å². The zero-order valence-electron chi connectivity index (χ0n) is 12.6. The van der Waals surface area contributed by atoms with Crippen LogP contribution in [0.1, 0.15) is 25.8 Å². The normalized spacial score (nSPS) is 10.4. The molecule has 0 aliphatic heterocycles. The highest BCUT2D eigenvalue weighted by molar-refractivity contribution is 9.10. The summed E-state index contributed by atoms with van der Waals surface area (Å²) in [5.74, 6) is -0.332. The van der Waals surface area contributed by atoms with Gasteiger partial charge in [0.15, 0.2) is 5.76 Å². The van der Waals surface area contributed by atoms with Crippen molar-refractivity contribution in [3.8, 4) is 0 Å². The highest BCUT2D eigenvalue weighted by Crippen LogP contribution is 2.28. The highest BCUT2D eigenvalue weighted by Gasteiger charge is 2.16. The van der Waals surface area contributed by atoms with Crippen molar-refractivity contribution in [3.05, 3.63) is 69.4 Å². The first-order valence-corrected chi connectivity index (χ1v) is 8.66. The number of thiophene rings is 1. The molecule has 1 aromatic carbocycles. The van der Waals surface area contributed by atoms with E-state index in [2.05, 4.69) is 26.6 Å². The average molecular weight is 405 g/mol. The van der Waals surface area contributed by atoms with Gasteiger partial charge in [-0.25, -0.2) is 0 Å². The SMILES string of the molecule is Cc1cc(NC(=O)c2ccco2)sc1C(=O)Nc1ccc(Br)cc1. The molecular formula is C17H13BrN2O3S. The van der Waals surface area contributed by atoms with Crippen molar-refractivity contribution in [2.24, 2.45) is 0 Å². The number of anilines is 2. The number of hydrogen-bond acceptors (Lipinski definition) is 4. The molecular weight excluding hydrogens is 392 g/mol. The van der Waals surface area contributed by atoms with Crippen LogP contribution in [0.4, 0.5) is 10.7 Å². The molecule has 0 unspecified atom stereocenters. The minimum atomic E-state index is -0.346. The molecule has 2 amide bonds. The maximum atomic E-state index is 12.4. The van der Waals surface area contributed by atoms with Gasteiger partial charge in [-0.15, -0.1) is 11.3 Å². The van der Waals surface area contributed by atoms with Gasteiger partial charge in [0.2, 0.25) is 0 Å². The maximum Gasteiger partial charge on any atom is 0.291 e. The molecule has 2 heterocycles. The molecule has 3 aromatic rings. The fourth-order valence-electron chi connectivity index (χ4n) is 2.07. The molecule has 0 aliphatic carbocycles. The summed E-state index contributed by atoms with van der Waals surface area (Å²) < 4.78 is 5.99. The van der Waals surface area contributed by atoms with E-state index in [1.165, 1.54) is 17.6 Å². The molecule has 0 saturated carbocycles. The zero-order chi connectivity index (χ0) is 17.1. The minimum absolute atomic E-state index is 0.210. The standard InChI is InChI=1S/C17H13BrN2O3S/c1-10-9-14(20-16(21)13-3-2-8-23-13)24-15(10)17(22)19-12-6-4-11(18)5-7-12/h2-9H,1H3,(H,19,22)(H,20,21). The summed E-state index contributed by atoms with van der Waals surface area (Å²) in [4.78, 5) is 24.9. The number of amides is 2. The van der Waals surface area contributed by atoms with E-state index in [1.54, 1.807) is 18.2 Å². The number of benzene rings is 1. The Hall–Kier alpha value is -2.38. The van der Waals surface area contributed by atoms with Crippen molar-refractivity contribution in [2.45, 2.75) is 6.92 Å². The first-order valence-electron chi connectivity index (χ1n) is 7.05. The molecule has 0 fully saturated rings. The number of carbonyl (C=O) groups is 2. The van der Waals surface area contributed by atoms with Gasteiger partial charge in [-0.05, 0) is 55.0 Å². The lowest BCUT2D eigenvalue weighted by Crippen LogP contribution is -2.11. The third-order valence-corrected chi connectivity index (χ3v) is 4.89. The smallest absolute Gasteiger partial charge is 0.291 e. The van der Waals surface area contributed by atoms with E-state index in [0.29, 0.717) is 15.6 Å². The van der Waals surface area contributed by atoms with E-state index in [0.717, 1.165) is 10.0 Å². The van der Waals surface area contributed by atoms with Gasteiger partial charge < -0.3 is 15.1 Å². The zero-order valence-corrected chi connectivity index (χ0v) is 15.0. The predicted molar refractivity (Wildman–Crippen MR) is 97.8 cm³/mol. The van der Waals surface area contributed by atoms with Crippen LogP contribution in [0, 0.1) is 6.92 Å². The lowest BCUT2D eigenvalue weighted by atomic mass is 10.2. The van der Waals surface area contributed by atoms with Crippen LogP contribution in [0.25, 0.3) is 0 Å². The van der Waals surface area contributed by atoms with Crippen molar-refractivity contribution in [2.75, 3.05) is 10.6 Å². The fraction of sp³-hybridized carbons (Fsp3) is 0.0588. The Morgan fingerprint density at radius 1 is 1.08 bits per heavy atom. The number of halogens is 1. The van der Waals surface area contributed by atoms with Crippen molar-refractivity contribution >= 4 is 49.8 Å². The van der Waals surface area contributed by atoms with E-state index >= 15 is 0 Å². The Morgan fingerprint density at radius 2 is 1.83 bits per heavy atom. The molecule has 122 valence electrons. The predicted octanol–water partition coefficient (Wildman–Crippen LogP) is 4.92. The van der Waals surface area contributed by atoms with Crippen LogP contribution in [0.3, 0.4) is 0 Å². The molecule has 0 radical (unpaired) electrons. The molecule has 0 atom stereocenters. The lowest BCUT2D eigenvalue weighted by molar-refractivity contribution is 0.0995. The van der Waals surface area contributed by atoms with Crippen LogP contribution in [-0.4, -0.2) is 11.8 Å². The summed E-state index contributed by atoms with van der Waals surface area (Å²) >= 11 is 4.57. The van der Waals surface area contributed by atoms with E-state index in [4.69, 9.17) is 4.42 Å². The summed E-state index contributed by atoms with van der Waals surface area (Å²) in [6.07, 6.45) is 1.44. The second kappa shape index (κ2) is 7.02. The van der Waals surface area contributed by atoms with Crippen molar-refractivity contribution in [1.29, 1.82) is 0 Å². The first-order chi connectivity index (χ1) is 11.5. The molecule has 0 saturated heterocycles. The third-order valence-electron chi connectivity index (χ3n) is 3.21. The summed E-state index contributed by atoms with van der Waals surface area (Å²) in [6.45, 7) is 1.83. The largest absolute Gasteiger partial charge is 0.459 e. The Bertz CT molecular complexity index is 870. The fourth-order valence-corrected chi connectivity index (χ4v) is 3.30. The van der Waals surface area contributed by atoms with Crippen LogP contribution in [0.5, 0.6) is 0 Å². The van der Waals surface area contributed by atoms with Crippen LogP contribution in [-0.2, 0) is 0 Å². The topological polar surface area (TPSA) is 71.3 Å². The number of nitrogens with one attached hydrogen (secondary N) is 2. The van der Waals surface area contributed by atoms with Gasteiger partial charge >= 0.3 is 0 Å². The van der Waals surface area contributed by atoms with Crippen molar-refractivity contribution in [1.82, 2.24) is 0 Å². The van der Waals surface area contributed by atoms with Gasteiger partial charge in [0.25, 0.3) is 11.8 Å². The Morgan fingerprint density at radius 3 is 2.50 bits per heavy atom. The van der Waals surface area contributed by atoms with Gasteiger partial charge in [0.1, 0.15) is 0 Å². The summed E-state index contributed by atoms with van der Waals surface area (Å²) in [5.41, 5.74) is 1.50. The molecule has 5 nitrogen and oxygen atoms in total. The quantitative estimate of drug-likeness (QED) is 0.648. The highest BCUT2D eigenvalue weighted by atomic mass is 79.9. The number of hydrogen-bond donors (Lipinski definition) is 2. The van der Waals surface area contributed by atoms with E-state index in [-0.39, 0.29) is 17.6 Å². The van der Waals surface area contributed by atoms with Gasteiger partial charge in [-0.1, -0.05) is 15.9 Å². The maximum absolute atomic E-state index is 12.4. The number of carbonyl (C=O) groups excluding carboxylic acids is 2.